The minimum Gasteiger partial charge on any atom is -0.496 e. The molecule has 2 aromatic rings. The van der Waals surface area contributed by atoms with Crippen LogP contribution in [0.1, 0.15) is 15.9 Å². The maximum Gasteiger partial charge on any atom is 0.338 e. The molecular weight excluding hydrogens is 338 g/mol. The molecule has 1 aliphatic rings. The second-order valence-corrected chi connectivity index (χ2v) is 5.71. The summed E-state index contributed by atoms with van der Waals surface area (Å²) in [5.41, 5.74) is 1.17. The van der Waals surface area contributed by atoms with Gasteiger partial charge in [-0.2, -0.15) is 0 Å². The largest absolute Gasteiger partial charge is 0.496 e. The smallest absolute Gasteiger partial charge is 0.338 e. The number of methoxy groups -OCH3 is 1. The zero-order valence-electron chi connectivity index (χ0n) is 14.6. The van der Waals surface area contributed by atoms with Crippen molar-refractivity contribution in [3.8, 4) is 17.2 Å². The van der Waals surface area contributed by atoms with Gasteiger partial charge in [-0.25, -0.2) is 4.79 Å². The van der Waals surface area contributed by atoms with Crippen molar-refractivity contribution in [2.24, 2.45) is 0 Å². The number of hydrogen-bond donors (Lipinski definition) is 0. The summed E-state index contributed by atoms with van der Waals surface area (Å²) in [5, 5.41) is 0. The van der Waals surface area contributed by atoms with Crippen LogP contribution in [0.25, 0.3) is 0 Å². The van der Waals surface area contributed by atoms with Crippen LogP contribution >= 0.6 is 0 Å². The van der Waals surface area contributed by atoms with Gasteiger partial charge in [-0.05, 0) is 24.3 Å². The zero-order valence-corrected chi connectivity index (χ0v) is 14.6. The van der Waals surface area contributed by atoms with Crippen molar-refractivity contribution in [3.05, 3.63) is 53.6 Å². The van der Waals surface area contributed by atoms with Crippen LogP contribution in [0.15, 0.2) is 42.5 Å². The normalized spacial score (nSPS) is 11.8. The molecule has 0 unspecified atom stereocenters. The Morgan fingerprint density at radius 1 is 1.12 bits per heavy atom. The summed E-state index contributed by atoms with van der Waals surface area (Å²) in [4.78, 5) is 25.8. The lowest BCUT2D eigenvalue weighted by molar-refractivity contribution is -0.133. The molecule has 0 atom stereocenters. The molecule has 0 saturated heterocycles. The number of hydrogen-bond acceptors (Lipinski definition) is 6. The Kier molecular flexibility index (Phi) is 5.26. The summed E-state index contributed by atoms with van der Waals surface area (Å²) < 4.78 is 20.8. The summed E-state index contributed by atoms with van der Waals surface area (Å²) in [6, 6.07) is 12.2. The number of carbonyl (C=O) groups is 2. The SMILES string of the molecule is COc1ccccc1CN(C)C(=O)COC(=O)c1ccc2c(c1)OCO2. The Hall–Kier alpha value is -3.22. The second-order valence-electron chi connectivity index (χ2n) is 5.71. The van der Waals surface area contributed by atoms with Gasteiger partial charge in [0.15, 0.2) is 18.1 Å². The van der Waals surface area contributed by atoms with Crippen molar-refractivity contribution in [2.45, 2.75) is 6.54 Å². The summed E-state index contributed by atoms with van der Waals surface area (Å²) in [6.45, 7) is 0.128. The summed E-state index contributed by atoms with van der Waals surface area (Å²) in [7, 11) is 3.22. The number of ether oxygens (including phenoxy) is 4. The van der Waals surface area contributed by atoms with Gasteiger partial charge in [-0.3, -0.25) is 4.79 Å². The molecule has 0 bridgehead atoms. The third-order valence-corrected chi connectivity index (χ3v) is 3.96. The highest BCUT2D eigenvalue weighted by molar-refractivity contribution is 5.92. The van der Waals surface area contributed by atoms with Crippen LogP contribution in [0.5, 0.6) is 17.2 Å². The van der Waals surface area contributed by atoms with Gasteiger partial charge < -0.3 is 23.8 Å². The molecule has 26 heavy (non-hydrogen) atoms. The van der Waals surface area contributed by atoms with Crippen LogP contribution in [0, 0.1) is 0 Å². The maximum atomic E-state index is 12.2. The molecule has 0 saturated carbocycles. The minimum absolute atomic E-state index is 0.125. The number of likely N-dealkylation sites (N-methyl/N-ethyl adjacent to an activating group) is 1. The molecule has 0 spiro atoms. The predicted octanol–water partition coefficient (Wildman–Crippen LogP) is 2.24. The Balaban J connectivity index is 1.55. The van der Waals surface area contributed by atoms with Crippen LogP contribution < -0.4 is 14.2 Å². The van der Waals surface area contributed by atoms with Gasteiger partial charge in [0.05, 0.1) is 12.7 Å². The van der Waals surface area contributed by atoms with Crippen molar-refractivity contribution in [2.75, 3.05) is 27.6 Å². The molecular formula is C19H19NO6. The predicted molar refractivity (Wildman–Crippen MR) is 92.3 cm³/mol. The van der Waals surface area contributed by atoms with Crippen molar-refractivity contribution in [3.63, 3.8) is 0 Å². The Bertz CT molecular complexity index is 819. The molecule has 3 rings (SSSR count). The van der Waals surface area contributed by atoms with Crippen LogP contribution in [0.2, 0.25) is 0 Å². The second kappa shape index (κ2) is 7.77. The minimum atomic E-state index is -0.595. The first-order valence-electron chi connectivity index (χ1n) is 8.01. The average Bonchev–Trinajstić information content (AvgIpc) is 3.13. The number of nitrogens with zero attached hydrogens (tertiary/aromatic N) is 1. The first kappa shape index (κ1) is 17.6. The zero-order chi connectivity index (χ0) is 18.5. The monoisotopic (exact) mass is 357 g/mol. The van der Waals surface area contributed by atoms with E-state index in [1.54, 1.807) is 26.3 Å². The van der Waals surface area contributed by atoms with E-state index in [-0.39, 0.29) is 19.3 Å². The van der Waals surface area contributed by atoms with Crippen molar-refractivity contribution in [1.82, 2.24) is 4.90 Å². The first-order valence-corrected chi connectivity index (χ1v) is 8.01. The number of amides is 1. The Morgan fingerprint density at radius 3 is 2.69 bits per heavy atom. The molecule has 0 radical (unpaired) electrons. The van der Waals surface area contributed by atoms with E-state index >= 15 is 0 Å². The number of rotatable bonds is 6. The topological polar surface area (TPSA) is 74.3 Å². The van der Waals surface area contributed by atoms with Gasteiger partial charge in [-0.15, -0.1) is 0 Å². The van der Waals surface area contributed by atoms with Crippen molar-refractivity contribution < 1.29 is 28.5 Å². The molecule has 0 N–H and O–H groups in total. The number of fused-ring (bicyclic) bond motifs is 1. The average molecular weight is 357 g/mol. The van der Waals surface area contributed by atoms with E-state index in [2.05, 4.69) is 0 Å². The van der Waals surface area contributed by atoms with E-state index < -0.39 is 5.97 Å². The molecule has 1 amide bonds. The highest BCUT2D eigenvalue weighted by Gasteiger charge is 2.19. The van der Waals surface area contributed by atoms with Gasteiger partial charge in [0.2, 0.25) is 6.79 Å². The van der Waals surface area contributed by atoms with E-state index in [0.717, 1.165) is 5.56 Å². The molecule has 1 heterocycles. The Labute approximate surface area is 151 Å². The lowest BCUT2D eigenvalue weighted by Gasteiger charge is -2.18. The number of esters is 1. The lowest BCUT2D eigenvalue weighted by Crippen LogP contribution is -2.31. The van der Waals surface area contributed by atoms with Gasteiger partial charge >= 0.3 is 5.97 Å². The van der Waals surface area contributed by atoms with Crippen molar-refractivity contribution in [1.29, 1.82) is 0 Å². The van der Waals surface area contributed by atoms with Gasteiger partial charge in [0.25, 0.3) is 5.91 Å². The highest BCUT2D eigenvalue weighted by atomic mass is 16.7. The summed E-state index contributed by atoms with van der Waals surface area (Å²) in [6.07, 6.45) is 0. The summed E-state index contributed by atoms with van der Waals surface area (Å²) in [5.74, 6) is 0.852. The fraction of sp³-hybridized carbons (Fsp3) is 0.263. The molecule has 0 aromatic heterocycles. The molecule has 0 fully saturated rings. The van der Waals surface area contributed by atoms with Crippen LogP contribution in [-0.2, 0) is 16.1 Å². The Morgan fingerprint density at radius 2 is 1.88 bits per heavy atom. The molecule has 1 aliphatic heterocycles. The van der Waals surface area contributed by atoms with Gasteiger partial charge in [-0.1, -0.05) is 18.2 Å². The van der Waals surface area contributed by atoms with Crippen LogP contribution in [-0.4, -0.2) is 44.3 Å². The van der Waals surface area contributed by atoms with E-state index in [0.29, 0.717) is 29.4 Å². The molecule has 2 aromatic carbocycles. The first-order chi connectivity index (χ1) is 12.6. The third kappa shape index (κ3) is 3.88. The van der Waals surface area contributed by atoms with Gasteiger partial charge in [0.1, 0.15) is 5.75 Å². The van der Waals surface area contributed by atoms with Crippen LogP contribution in [0.3, 0.4) is 0 Å². The standard InChI is InChI=1S/C19H19NO6/c1-20(10-14-5-3-4-6-15(14)23-2)18(21)11-24-19(22)13-7-8-16-17(9-13)26-12-25-16/h3-9H,10-12H2,1-2H3. The lowest BCUT2D eigenvalue weighted by atomic mass is 10.2. The van der Waals surface area contributed by atoms with E-state index in [4.69, 9.17) is 18.9 Å². The van der Waals surface area contributed by atoms with Crippen LogP contribution in [0.4, 0.5) is 0 Å². The number of para-hydroxylation sites is 1. The van der Waals surface area contributed by atoms with E-state index in [1.165, 1.54) is 11.0 Å². The van der Waals surface area contributed by atoms with Gasteiger partial charge in [0, 0.05) is 19.2 Å². The fourth-order valence-corrected chi connectivity index (χ4v) is 2.52. The van der Waals surface area contributed by atoms with E-state index in [9.17, 15) is 9.59 Å². The third-order valence-electron chi connectivity index (χ3n) is 3.96. The van der Waals surface area contributed by atoms with E-state index in [1.807, 2.05) is 24.3 Å². The molecule has 136 valence electrons. The number of benzene rings is 2. The molecule has 0 aliphatic carbocycles. The highest BCUT2D eigenvalue weighted by Crippen LogP contribution is 2.32. The number of carbonyl (C=O) groups excluding carboxylic acids is 2. The fourth-order valence-electron chi connectivity index (χ4n) is 2.52. The quantitative estimate of drug-likeness (QED) is 0.738. The summed E-state index contributed by atoms with van der Waals surface area (Å²) >= 11 is 0. The molecule has 7 heteroatoms. The maximum absolute atomic E-state index is 12.2. The van der Waals surface area contributed by atoms with Crippen molar-refractivity contribution >= 4 is 11.9 Å². The molecule has 7 nitrogen and oxygen atoms in total.